The Kier molecular flexibility index (Phi) is 6.29. The summed E-state index contributed by atoms with van der Waals surface area (Å²) in [7, 11) is 0. The molecule has 10 heavy (non-hydrogen) atoms. The second-order valence-corrected chi connectivity index (χ2v) is 2.75. The first-order valence-corrected chi connectivity index (χ1v) is 2.87. The number of carboxylic acids is 1. The fourth-order valence-corrected chi connectivity index (χ4v) is 0. The minimum atomic E-state index is -0.833. The van der Waals surface area contributed by atoms with Crippen molar-refractivity contribution >= 4 is 5.97 Å². The molecular formula is C6H15NO3. The van der Waals surface area contributed by atoms with E-state index in [9.17, 15) is 0 Å². The highest BCUT2D eigenvalue weighted by Crippen LogP contribution is 2.00. The molecule has 0 radical (unpaired) electrons. The Morgan fingerprint density at radius 1 is 1.50 bits per heavy atom. The monoisotopic (exact) mass is 149 g/mol. The van der Waals surface area contributed by atoms with Gasteiger partial charge >= 0.3 is 0 Å². The van der Waals surface area contributed by atoms with Gasteiger partial charge in [-0.1, -0.05) is 0 Å². The van der Waals surface area contributed by atoms with Crippen LogP contribution in [0, 0.1) is 0 Å². The number of nitrogens with two attached hydrogens (primary N) is 1. The van der Waals surface area contributed by atoms with Gasteiger partial charge in [-0.05, 0) is 20.8 Å². The van der Waals surface area contributed by atoms with Crippen molar-refractivity contribution < 1.29 is 14.7 Å². The first kappa shape index (κ1) is 12.1. The molecule has 0 aromatic carbocycles. The molecule has 0 aromatic heterocycles. The summed E-state index contributed by atoms with van der Waals surface area (Å²) in [6.07, 6.45) is 0. The van der Waals surface area contributed by atoms with Crippen molar-refractivity contribution in [3.8, 4) is 0 Å². The average molecular weight is 149 g/mol. The van der Waals surface area contributed by atoms with E-state index in [-0.39, 0.29) is 5.60 Å². The normalized spacial score (nSPS) is 9.70. The van der Waals surface area contributed by atoms with Crippen LogP contribution in [0.3, 0.4) is 0 Å². The molecule has 0 bridgehead atoms. The predicted molar refractivity (Wildman–Crippen MR) is 38.3 cm³/mol. The number of carboxylic acid groups (broad SMARTS) is 1. The van der Waals surface area contributed by atoms with Crippen molar-refractivity contribution in [2.75, 3.05) is 0 Å². The summed E-state index contributed by atoms with van der Waals surface area (Å²) < 4.78 is 0. The van der Waals surface area contributed by atoms with Crippen LogP contribution in [0.1, 0.15) is 27.7 Å². The third kappa shape index (κ3) is 52.8. The maximum absolute atomic E-state index is 9.00. The molecule has 4 nitrogen and oxygen atoms in total. The largest absolute Gasteiger partial charge is 0.481 e. The van der Waals surface area contributed by atoms with Crippen LogP contribution >= 0.6 is 0 Å². The smallest absolute Gasteiger partial charge is 0.300 e. The van der Waals surface area contributed by atoms with Crippen LogP contribution in [0.2, 0.25) is 0 Å². The van der Waals surface area contributed by atoms with Gasteiger partial charge < -0.3 is 5.11 Å². The highest BCUT2D eigenvalue weighted by Gasteiger charge is 2.05. The second-order valence-electron chi connectivity index (χ2n) is 2.75. The minimum Gasteiger partial charge on any atom is -0.481 e. The molecule has 3 N–H and O–H groups in total. The standard InChI is InChI=1S/C4H11NO.C2H4O2/c1-4(2,3)6-5;1-2(3)4/h5H2,1-3H3;1H3,(H,3,4). The van der Waals surface area contributed by atoms with Gasteiger partial charge in [0.1, 0.15) is 0 Å². The summed E-state index contributed by atoms with van der Waals surface area (Å²) in [5.74, 6) is 3.97. The van der Waals surface area contributed by atoms with Crippen LogP contribution in [0.4, 0.5) is 0 Å². The van der Waals surface area contributed by atoms with Crippen molar-refractivity contribution in [1.82, 2.24) is 0 Å². The maximum Gasteiger partial charge on any atom is 0.300 e. The van der Waals surface area contributed by atoms with Gasteiger partial charge in [0.15, 0.2) is 0 Å². The summed E-state index contributed by atoms with van der Waals surface area (Å²) in [5.41, 5.74) is -0.181. The lowest BCUT2D eigenvalue weighted by molar-refractivity contribution is -0.134. The van der Waals surface area contributed by atoms with Crippen LogP contribution in [-0.4, -0.2) is 16.7 Å². The second kappa shape index (κ2) is 5.20. The van der Waals surface area contributed by atoms with Gasteiger partial charge in [0.25, 0.3) is 5.97 Å². The molecule has 0 fully saturated rings. The number of hydrogen-bond donors (Lipinski definition) is 2. The molecule has 0 saturated heterocycles. The number of rotatable bonds is 0. The van der Waals surface area contributed by atoms with E-state index in [0.717, 1.165) is 6.92 Å². The molecule has 0 heterocycles. The van der Waals surface area contributed by atoms with Gasteiger partial charge in [-0.3, -0.25) is 9.63 Å². The molecular weight excluding hydrogens is 134 g/mol. The van der Waals surface area contributed by atoms with Crippen LogP contribution < -0.4 is 5.90 Å². The predicted octanol–water partition coefficient (Wildman–Crippen LogP) is 0.766. The molecule has 0 rings (SSSR count). The van der Waals surface area contributed by atoms with Gasteiger partial charge in [0.05, 0.1) is 5.60 Å². The van der Waals surface area contributed by atoms with E-state index in [0.29, 0.717) is 0 Å². The Hall–Kier alpha value is -0.610. The summed E-state index contributed by atoms with van der Waals surface area (Å²) in [6.45, 7) is 6.77. The Balaban J connectivity index is 0. The first-order chi connectivity index (χ1) is 4.29. The van der Waals surface area contributed by atoms with E-state index in [1.54, 1.807) is 0 Å². The van der Waals surface area contributed by atoms with Crippen molar-refractivity contribution in [3.63, 3.8) is 0 Å². The van der Waals surface area contributed by atoms with Gasteiger partial charge in [-0.25, -0.2) is 5.90 Å². The lowest BCUT2D eigenvalue weighted by Crippen LogP contribution is -2.22. The highest BCUT2D eigenvalue weighted by atomic mass is 16.6. The topological polar surface area (TPSA) is 72.5 Å². The minimum absolute atomic E-state index is 0.181. The number of hydrogen-bond acceptors (Lipinski definition) is 3. The van der Waals surface area contributed by atoms with Crippen LogP contribution in [0.5, 0.6) is 0 Å². The molecule has 62 valence electrons. The summed E-state index contributed by atoms with van der Waals surface area (Å²) in [6, 6.07) is 0. The molecule has 4 heteroatoms. The molecule has 0 amide bonds. The van der Waals surface area contributed by atoms with Gasteiger partial charge in [-0.15, -0.1) is 0 Å². The summed E-state index contributed by atoms with van der Waals surface area (Å²) in [5, 5.41) is 7.42. The molecule has 0 unspecified atom stereocenters. The van der Waals surface area contributed by atoms with E-state index in [4.69, 9.17) is 15.8 Å². The van der Waals surface area contributed by atoms with E-state index in [2.05, 4.69) is 4.84 Å². The van der Waals surface area contributed by atoms with E-state index < -0.39 is 5.97 Å². The molecule has 0 aliphatic carbocycles. The first-order valence-electron chi connectivity index (χ1n) is 2.87. The highest BCUT2D eigenvalue weighted by molar-refractivity contribution is 5.62. The molecule has 0 saturated carbocycles. The van der Waals surface area contributed by atoms with Gasteiger partial charge in [0, 0.05) is 6.92 Å². The zero-order valence-corrected chi connectivity index (χ0v) is 6.84. The van der Waals surface area contributed by atoms with Crippen molar-refractivity contribution in [3.05, 3.63) is 0 Å². The SMILES string of the molecule is CC(=O)O.CC(C)(C)ON. The Labute approximate surface area is 60.9 Å². The third-order valence-electron chi connectivity index (χ3n) is 0.354. The van der Waals surface area contributed by atoms with Crippen LogP contribution in [-0.2, 0) is 9.63 Å². The molecule has 0 aliphatic rings. The molecule has 0 spiro atoms. The third-order valence-corrected chi connectivity index (χ3v) is 0.354. The fourth-order valence-electron chi connectivity index (χ4n) is 0. The van der Waals surface area contributed by atoms with Crippen molar-refractivity contribution in [2.45, 2.75) is 33.3 Å². The fraction of sp³-hybridized carbons (Fsp3) is 0.833. The number of aliphatic carboxylic acids is 1. The zero-order chi connectivity index (χ0) is 8.78. The lowest BCUT2D eigenvalue weighted by Gasteiger charge is -2.12. The molecule has 0 atom stereocenters. The Bertz CT molecular complexity index is 91.7. The molecule has 0 aromatic rings. The average Bonchev–Trinajstić information content (AvgIpc) is 1.63. The summed E-state index contributed by atoms with van der Waals surface area (Å²) in [4.78, 5) is 13.4. The Morgan fingerprint density at radius 3 is 1.60 bits per heavy atom. The molecule has 0 aliphatic heterocycles. The van der Waals surface area contributed by atoms with Crippen molar-refractivity contribution in [2.24, 2.45) is 5.90 Å². The zero-order valence-electron chi connectivity index (χ0n) is 6.84. The van der Waals surface area contributed by atoms with E-state index in [1.807, 2.05) is 20.8 Å². The quantitative estimate of drug-likeness (QED) is 0.499. The van der Waals surface area contributed by atoms with Crippen molar-refractivity contribution in [1.29, 1.82) is 0 Å². The van der Waals surface area contributed by atoms with Gasteiger partial charge in [0.2, 0.25) is 0 Å². The van der Waals surface area contributed by atoms with Crippen LogP contribution in [0.25, 0.3) is 0 Å². The maximum atomic E-state index is 9.00. The summed E-state index contributed by atoms with van der Waals surface area (Å²) >= 11 is 0. The van der Waals surface area contributed by atoms with E-state index in [1.165, 1.54) is 0 Å². The van der Waals surface area contributed by atoms with Crippen LogP contribution in [0.15, 0.2) is 0 Å². The van der Waals surface area contributed by atoms with Gasteiger partial charge in [-0.2, -0.15) is 0 Å². The Morgan fingerprint density at radius 2 is 1.60 bits per heavy atom. The van der Waals surface area contributed by atoms with E-state index >= 15 is 0 Å². The lowest BCUT2D eigenvalue weighted by atomic mass is 10.2. The number of carbonyl (C=O) groups is 1.